The molecule has 1 aromatic carbocycles. The zero-order valence-electron chi connectivity index (χ0n) is 14.5. The molecule has 2 N–H and O–H groups in total. The molecule has 8 heteroatoms. The van der Waals surface area contributed by atoms with Crippen LogP contribution in [0.4, 0.5) is 4.79 Å². The van der Waals surface area contributed by atoms with Crippen LogP contribution in [0.2, 0.25) is 0 Å². The summed E-state index contributed by atoms with van der Waals surface area (Å²) in [6.07, 6.45) is 4.82. The van der Waals surface area contributed by atoms with Crippen molar-refractivity contribution in [2.24, 2.45) is 0 Å². The molecule has 0 radical (unpaired) electrons. The van der Waals surface area contributed by atoms with E-state index in [0.717, 1.165) is 41.0 Å². The first-order valence-corrected chi connectivity index (χ1v) is 8.92. The van der Waals surface area contributed by atoms with Gasteiger partial charge in [0.2, 0.25) is 0 Å². The molecule has 1 fully saturated rings. The summed E-state index contributed by atoms with van der Waals surface area (Å²) in [7, 11) is 0. The smallest absolute Gasteiger partial charge is 0.407 e. The van der Waals surface area contributed by atoms with E-state index >= 15 is 0 Å². The Morgan fingerprint density at radius 3 is 2.93 bits per heavy atom. The van der Waals surface area contributed by atoms with E-state index in [1.807, 2.05) is 47.0 Å². The Balaban J connectivity index is 1.22. The van der Waals surface area contributed by atoms with Gasteiger partial charge in [0.05, 0.1) is 11.7 Å². The zero-order valence-corrected chi connectivity index (χ0v) is 14.5. The van der Waals surface area contributed by atoms with Crippen molar-refractivity contribution in [1.29, 1.82) is 0 Å². The topological polar surface area (TPSA) is 97.2 Å². The van der Waals surface area contributed by atoms with Gasteiger partial charge in [-0.1, -0.05) is 30.3 Å². The number of carbonyl (C=O) groups excluding carboxylic acids is 1. The highest BCUT2D eigenvalue weighted by Gasteiger charge is 2.35. The number of ether oxygens (including phenoxy) is 1. The number of H-pyrrole nitrogens is 1. The van der Waals surface area contributed by atoms with E-state index in [9.17, 15) is 4.79 Å². The van der Waals surface area contributed by atoms with Crippen molar-refractivity contribution < 1.29 is 9.53 Å². The maximum absolute atomic E-state index is 12.0. The van der Waals surface area contributed by atoms with E-state index in [2.05, 4.69) is 25.5 Å². The largest absolute Gasteiger partial charge is 0.445 e. The average molecular weight is 362 g/mol. The molecule has 8 nitrogen and oxygen atoms in total. The summed E-state index contributed by atoms with van der Waals surface area (Å²) in [6, 6.07) is 11.7. The molecule has 27 heavy (non-hydrogen) atoms. The van der Waals surface area contributed by atoms with Crippen molar-refractivity contribution in [3.63, 3.8) is 0 Å². The number of hydrogen-bond acceptors (Lipinski definition) is 5. The van der Waals surface area contributed by atoms with Gasteiger partial charge in [-0.05, 0) is 24.5 Å². The van der Waals surface area contributed by atoms with E-state index in [0.29, 0.717) is 0 Å². The molecule has 4 aromatic rings. The van der Waals surface area contributed by atoms with Crippen molar-refractivity contribution in [3.8, 4) is 0 Å². The molecule has 0 aliphatic heterocycles. The van der Waals surface area contributed by atoms with Gasteiger partial charge in [-0.15, -0.1) is 10.2 Å². The van der Waals surface area contributed by atoms with Crippen LogP contribution in [0, 0.1) is 0 Å². The van der Waals surface area contributed by atoms with Crippen LogP contribution >= 0.6 is 0 Å². The molecule has 1 amide bonds. The number of amides is 1. The number of alkyl carbamates (subject to hydrolysis) is 1. The minimum absolute atomic E-state index is 0.0918. The molecule has 0 bridgehead atoms. The fourth-order valence-corrected chi connectivity index (χ4v) is 3.54. The second-order valence-corrected chi connectivity index (χ2v) is 6.79. The standard InChI is InChI=1S/C19H18N6O2/c26-19(27-11-12-4-2-1-3-5-12)22-14-8-13(9-14)18-24-23-16-10-21-17-15(25(16)18)6-7-20-17/h1-7,10,13-14,20H,8-9,11H2,(H,22,26)/t13-,14+. The molecule has 1 saturated carbocycles. The van der Waals surface area contributed by atoms with Crippen LogP contribution in [0.25, 0.3) is 16.8 Å². The number of benzene rings is 1. The average Bonchev–Trinajstić information content (AvgIpc) is 3.29. The molecule has 0 atom stereocenters. The maximum Gasteiger partial charge on any atom is 0.407 e. The lowest BCUT2D eigenvalue weighted by molar-refractivity contribution is 0.127. The third-order valence-electron chi connectivity index (χ3n) is 5.00. The van der Waals surface area contributed by atoms with Crippen molar-refractivity contribution in [2.45, 2.75) is 31.4 Å². The normalized spacial score (nSPS) is 19.1. The van der Waals surface area contributed by atoms with Crippen LogP contribution in [-0.4, -0.2) is 36.7 Å². The van der Waals surface area contributed by atoms with Gasteiger partial charge in [-0.3, -0.25) is 4.40 Å². The number of nitrogens with one attached hydrogen (secondary N) is 2. The quantitative estimate of drug-likeness (QED) is 0.582. The Morgan fingerprint density at radius 2 is 2.07 bits per heavy atom. The van der Waals surface area contributed by atoms with E-state index in [-0.39, 0.29) is 24.7 Å². The maximum atomic E-state index is 12.0. The zero-order chi connectivity index (χ0) is 18.2. The van der Waals surface area contributed by atoms with Gasteiger partial charge < -0.3 is 15.0 Å². The second-order valence-electron chi connectivity index (χ2n) is 6.79. The van der Waals surface area contributed by atoms with Crippen LogP contribution in [-0.2, 0) is 11.3 Å². The molecule has 0 saturated heterocycles. The van der Waals surface area contributed by atoms with Gasteiger partial charge in [0.15, 0.2) is 11.3 Å². The summed E-state index contributed by atoms with van der Waals surface area (Å²) >= 11 is 0. The Hall–Kier alpha value is -3.42. The van der Waals surface area contributed by atoms with E-state index < -0.39 is 0 Å². The third-order valence-corrected chi connectivity index (χ3v) is 5.00. The van der Waals surface area contributed by atoms with Gasteiger partial charge in [0, 0.05) is 18.2 Å². The van der Waals surface area contributed by atoms with E-state index in [1.54, 1.807) is 6.20 Å². The molecular formula is C19H18N6O2. The van der Waals surface area contributed by atoms with Gasteiger partial charge in [-0.2, -0.15) is 0 Å². The first-order valence-electron chi connectivity index (χ1n) is 8.92. The molecule has 1 aliphatic rings. The monoisotopic (exact) mass is 362 g/mol. The summed E-state index contributed by atoms with van der Waals surface area (Å²) in [5, 5.41) is 11.5. The highest BCUT2D eigenvalue weighted by molar-refractivity contribution is 5.74. The number of fused-ring (bicyclic) bond motifs is 3. The third kappa shape index (κ3) is 2.88. The Labute approximate surface area is 154 Å². The Kier molecular flexibility index (Phi) is 3.74. The van der Waals surface area contributed by atoms with Crippen LogP contribution < -0.4 is 5.32 Å². The SMILES string of the molecule is O=C(N[C@H]1C[C@@H](c2nnc3cnc4[nH]ccc4n32)C1)OCc1ccccc1. The van der Waals surface area contributed by atoms with Gasteiger partial charge in [-0.25, -0.2) is 9.78 Å². The summed E-state index contributed by atoms with van der Waals surface area (Å²) < 4.78 is 7.32. The van der Waals surface area contributed by atoms with Crippen LogP contribution in [0.5, 0.6) is 0 Å². The first-order chi connectivity index (χ1) is 13.3. The van der Waals surface area contributed by atoms with E-state index in [1.165, 1.54) is 0 Å². The van der Waals surface area contributed by atoms with Crippen LogP contribution in [0.3, 0.4) is 0 Å². The fourth-order valence-electron chi connectivity index (χ4n) is 3.54. The van der Waals surface area contributed by atoms with Crippen molar-refractivity contribution in [2.75, 3.05) is 0 Å². The van der Waals surface area contributed by atoms with Gasteiger partial charge in [0.1, 0.15) is 12.4 Å². The number of aromatic nitrogens is 5. The van der Waals surface area contributed by atoms with Crippen LogP contribution in [0.15, 0.2) is 48.8 Å². The first kappa shape index (κ1) is 15.8. The molecule has 3 aromatic heterocycles. The lowest BCUT2D eigenvalue weighted by atomic mass is 9.79. The minimum Gasteiger partial charge on any atom is -0.445 e. The molecule has 1 aliphatic carbocycles. The minimum atomic E-state index is -0.384. The molecule has 0 spiro atoms. The summed E-state index contributed by atoms with van der Waals surface area (Å²) in [5.74, 6) is 1.16. The molecule has 0 unspecified atom stereocenters. The fraction of sp³-hybridized carbons (Fsp3) is 0.263. The molecule has 5 rings (SSSR count). The predicted octanol–water partition coefficient (Wildman–Crippen LogP) is 2.78. The Morgan fingerprint density at radius 1 is 1.22 bits per heavy atom. The summed E-state index contributed by atoms with van der Waals surface area (Å²) in [6.45, 7) is 0.274. The van der Waals surface area contributed by atoms with Crippen LogP contribution in [0.1, 0.15) is 30.1 Å². The second kappa shape index (κ2) is 6.39. The lowest BCUT2D eigenvalue weighted by Crippen LogP contribution is -2.44. The number of aromatic amines is 1. The molecule has 3 heterocycles. The van der Waals surface area contributed by atoms with Crippen molar-refractivity contribution in [3.05, 3.63) is 60.2 Å². The number of hydrogen-bond donors (Lipinski definition) is 2. The lowest BCUT2D eigenvalue weighted by Gasteiger charge is -2.34. The molecular weight excluding hydrogens is 344 g/mol. The summed E-state index contributed by atoms with van der Waals surface area (Å²) in [4.78, 5) is 19.4. The molecule has 136 valence electrons. The summed E-state index contributed by atoms with van der Waals surface area (Å²) in [5.41, 5.74) is 3.47. The number of rotatable bonds is 4. The predicted molar refractivity (Wildman–Crippen MR) is 98.2 cm³/mol. The number of carbonyl (C=O) groups is 1. The van der Waals surface area contributed by atoms with Gasteiger partial charge >= 0.3 is 6.09 Å². The van der Waals surface area contributed by atoms with Crippen molar-refractivity contribution in [1.82, 2.24) is 29.9 Å². The van der Waals surface area contributed by atoms with Crippen molar-refractivity contribution >= 4 is 22.9 Å². The highest BCUT2D eigenvalue weighted by Crippen LogP contribution is 2.36. The Bertz CT molecular complexity index is 1100. The highest BCUT2D eigenvalue weighted by atomic mass is 16.5. The number of nitrogens with zero attached hydrogens (tertiary/aromatic N) is 4. The van der Waals surface area contributed by atoms with Gasteiger partial charge in [0.25, 0.3) is 0 Å². The van der Waals surface area contributed by atoms with E-state index in [4.69, 9.17) is 4.74 Å².